The molecule has 146 valence electrons. The second-order valence-electron chi connectivity index (χ2n) is 7.00. The fourth-order valence-corrected chi connectivity index (χ4v) is 7.25. The van der Waals surface area contributed by atoms with Crippen LogP contribution in [0.15, 0.2) is 29.2 Å². The molecule has 0 atom stereocenters. The largest absolute Gasteiger partial charge is 0.335 e. The van der Waals surface area contributed by atoms with E-state index in [0.717, 1.165) is 29.4 Å². The first-order valence-corrected chi connectivity index (χ1v) is 12.1. The number of hydrogen-bond acceptors (Lipinski definition) is 7. The Hall–Kier alpha value is -1.88. The van der Waals surface area contributed by atoms with Gasteiger partial charge in [-0.3, -0.25) is 4.79 Å². The van der Waals surface area contributed by atoms with Crippen molar-refractivity contribution in [1.82, 2.24) is 18.0 Å². The number of rotatable bonds is 3. The normalized spacial score (nSPS) is 17.9. The maximum absolute atomic E-state index is 13.1. The van der Waals surface area contributed by atoms with Gasteiger partial charge < -0.3 is 4.90 Å². The van der Waals surface area contributed by atoms with Crippen LogP contribution in [0.2, 0.25) is 0 Å². The third-order valence-corrected chi connectivity index (χ3v) is 9.05. The number of sulfonamides is 1. The second kappa shape index (κ2) is 6.87. The first-order chi connectivity index (χ1) is 13.5. The van der Waals surface area contributed by atoms with Crippen molar-refractivity contribution in [2.75, 3.05) is 26.2 Å². The zero-order valence-corrected chi connectivity index (χ0v) is 17.4. The minimum absolute atomic E-state index is 0.0160. The van der Waals surface area contributed by atoms with Gasteiger partial charge in [0, 0.05) is 31.1 Å². The van der Waals surface area contributed by atoms with E-state index < -0.39 is 10.0 Å². The number of piperazine rings is 1. The van der Waals surface area contributed by atoms with Crippen LogP contribution < -0.4 is 0 Å². The maximum atomic E-state index is 13.1. The van der Waals surface area contributed by atoms with Gasteiger partial charge in [-0.05, 0) is 43.0 Å². The van der Waals surface area contributed by atoms with E-state index in [4.69, 9.17) is 0 Å². The van der Waals surface area contributed by atoms with Crippen molar-refractivity contribution in [3.63, 3.8) is 0 Å². The summed E-state index contributed by atoms with van der Waals surface area (Å²) in [7, 11) is -3.67. The van der Waals surface area contributed by atoms with Gasteiger partial charge in [0.1, 0.15) is 15.9 Å². The highest BCUT2D eigenvalue weighted by Gasteiger charge is 2.33. The first kappa shape index (κ1) is 18.2. The minimum Gasteiger partial charge on any atom is -0.335 e. The molecular formula is C18H18N4O3S3. The molecule has 0 spiro atoms. The molecule has 3 heterocycles. The highest BCUT2D eigenvalue weighted by Crippen LogP contribution is 2.32. The molecule has 0 saturated carbocycles. The van der Waals surface area contributed by atoms with Crippen LogP contribution in [0.4, 0.5) is 0 Å². The lowest BCUT2D eigenvalue weighted by Crippen LogP contribution is -2.50. The second-order valence-corrected chi connectivity index (χ2v) is 10.6. The van der Waals surface area contributed by atoms with Crippen molar-refractivity contribution in [3.05, 3.63) is 39.6 Å². The lowest BCUT2D eigenvalue weighted by atomic mass is 10.2. The molecule has 7 nitrogen and oxygen atoms in total. The predicted octanol–water partition coefficient (Wildman–Crippen LogP) is 2.39. The van der Waals surface area contributed by atoms with E-state index in [-0.39, 0.29) is 23.9 Å². The highest BCUT2D eigenvalue weighted by atomic mass is 32.2. The van der Waals surface area contributed by atoms with Gasteiger partial charge in [-0.1, -0.05) is 6.07 Å². The molecule has 10 heteroatoms. The number of benzene rings is 1. The summed E-state index contributed by atoms with van der Waals surface area (Å²) >= 11 is 2.60. The van der Waals surface area contributed by atoms with E-state index in [0.29, 0.717) is 24.1 Å². The Balaban J connectivity index is 1.32. The topological polar surface area (TPSA) is 83.5 Å². The third kappa shape index (κ3) is 2.95. The van der Waals surface area contributed by atoms with Gasteiger partial charge in [0.15, 0.2) is 0 Å². The average molecular weight is 435 g/mol. The summed E-state index contributed by atoms with van der Waals surface area (Å²) < 4.78 is 35.9. The Kier molecular flexibility index (Phi) is 4.46. The van der Waals surface area contributed by atoms with Crippen LogP contribution in [0.5, 0.6) is 0 Å². The van der Waals surface area contributed by atoms with Crippen LogP contribution in [0.25, 0.3) is 11.0 Å². The first-order valence-electron chi connectivity index (χ1n) is 9.16. The minimum atomic E-state index is -3.67. The molecule has 0 radical (unpaired) electrons. The lowest BCUT2D eigenvalue weighted by molar-refractivity contribution is 0.0702. The van der Waals surface area contributed by atoms with Gasteiger partial charge in [0.2, 0.25) is 10.0 Å². The summed E-state index contributed by atoms with van der Waals surface area (Å²) in [5, 5.41) is 0. The molecule has 1 aliphatic carbocycles. The van der Waals surface area contributed by atoms with E-state index in [2.05, 4.69) is 8.75 Å². The molecule has 2 aromatic heterocycles. The van der Waals surface area contributed by atoms with Crippen molar-refractivity contribution in [2.45, 2.75) is 24.2 Å². The molecule has 0 unspecified atom stereocenters. The van der Waals surface area contributed by atoms with Gasteiger partial charge in [-0.25, -0.2) is 8.42 Å². The molecule has 1 saturated heterocycles. The molecule has 2 aliphatic rings. The Morgan fingerprint density at radius 2 is 1.89 bits per heavy atom. The van der Waals surface area contributed by atoms with E-state index in [1.807, 2.05) is 6.07 Å². The summed E-state index contributed by atoms with van der Waals surface area (Å²) in [4.78, 5) is 16.9. The zero-order valence-electron chi connectivity index (χ0n) is 15.0. The van der Waals surface area contributed by atoms with E-state index in [9.17, 15) is 13.2 Å². The van der Waals surface area contributed by atoms with Crippen molar-refractivity contribution in [3.8, 4) is 0 Å². The number of amides is 1. The van der Waals surface area contributed by atoms with Gasteiger partial charge >= 0.3 is 0 Å². The number of aryl methyl sites for hydroxylation is 2. The summed E-state index contributed by atoms with van der Waals surface area (Å²) in [5.74, 6) is 0.0160. The maximum Gasteiger partial charge on any atom is 0.264 e. The summed E-state index contributed by atoms with van der Waals surface area (Å²) in [6.07, 6.45) is 3.30. The number of carbonyl (C=O) groups is 1. The van der Waals surface area contributed by atoms with Gasteiger partial charge in [0.05, 0.1) is 16.6 Å². The molecule has 28 heavy (non-hydrogen) atoms. The van der Waals surface area contributed by atoms with Crippen molar-refractivity contribution >= 4 is 50.0 Å². The van der Waals surface area contributed by atoms with E-state index >= 15 is 0 Å². The fraction of sp³-hybridized carbons (Fsp3) is 0.389. The van der Waals surface area contributed by atoms with Crippen LogP contribution in [0, 0.1) is 0 Å². The highest BCUT2D eigenvalue weighted by molar-refractivity contribution is 7.89. The Labute approximate surface area is 171 Å². The summed E-state index contributed by atoms with van der Waals surface area (Å²) in [5.41, 5.74) is 2.31. The third-order valence-electron chi connectivity index (χ3n) is 5.35. The van der Waals surface area contributed by atoms with E-state index in [1.54, 1.807) is 34.4 Å². The number of hydrogen-bond donors (Lipinski definition) is 0. The number of thiophene rings is 1. The molecular weight excluding hydrogens is 416 g/mol. The smallest absolute Gasteiger partial charge is 0.264 e. The zero-order chi connectivity index (χ0) is 19.3. The van der Waals surface area contributed by atoms with Gasteiger partial charge in [-0.15, -0.1) is 11.3 Å². The average Bonchev–Trinajstić information content (AvgIpc) is 3.42. The lowest BCUT2D eigenvalue weighted by Gasteiger charge is -2.33. The Morgan fingerprint density at radius 1 is 1.07 bits per heavy atom. The van der Waals surface area contributed by atoms with Crippen LogP contribution in [0.1, 0.15) is 26.5 Å². The predicted molar refractivity (Wildman–Crippen MR) is 108 cm³/mol. The van der Waals surface area contributed by atoms with Gasteiger partial charge in [0.25, 0.3) is 5.91 Å². The summed E-state index contributed by atoms with van der Waals surface area (Å²) in [6.45, 7) is 1.36. The molecule has 1 amide bonds. The van der Waals surface area contributed by atoms with Crippen LogP contribution in [-0.4, -0.2) is 58.5 Å². The van der Waals surface area contributed by atoms with Gasteiger partial charge in [-0.2, -0.15) is 13.1 Å². The summed E-state index contributed by atoms with van der Waals surface area (Å²) in [6, 6.07) is 7.04. The van der Waals surface area contributed by atoms with Crippen molar-refractivity contribution in [1.29, 1.82) is 0 Å². The SMILES string of the molecule is O=C(c1cc2c(s1)CCC2)N1CCN(S(=O)(=O)c2cccc3nsnc23)CC1. The fourth-order valence-electron chi connectivity index (χ4n) is 3.85. The number of fused-ring (bicyclic) bond motifs is 2. The Morgan fingerprint density at radius 3 is 2.68 bits per heavy atom. The number of aromatic nitrogens is 2. The number of nitrogens with zero attached hydrogens (tertiary/aromatic N) is 4. The van der Waals surface area contributed by atoms with Crippen LogP contribution in [0.3, 0.4) is 0 Å². The molecule has 5 rings (SSSR count). The molecule has 1 aromatic carbocycles. The molecule has 0 bridgehead atoms. The monoisotopic (exact) mass is 434 g/mol. The molecule has 1 fully saturated rings. The molecule has 3 aromatic rings. The van der Waals surface area contributed by atoms with Crippen molar-refractivity contribution < 1.29 is 13.2 Å². The van der Waals surface area contributed by atoms with Crippen LogP contribution >= 0.6 is 23.1 Å². The quantitative estimate of drug-likeness (QED) is 0.632. The van der Waals surface area contributed by atoms with Crippen LogP contribution in [-0.2, 0) is 22.9 Å². The van der Waals surface area contributed by atoms with Crippen molar-refractivity contribution in [2.24, 2.45) is 0 Å². The standard InChI is InChI=1S/C18H18N4O3S3/c23-18(15-11-12-3-1-5-14(12)26-15)21-7-9-22(10-8-21)28(24,25)16-6-2-4-13-17(16)20-27-19-13/h2,4,6,11H,1,3,5,7-10H2. The Bertz CT molecular complexity index is 1140. The molecule has 0 N–H and O–H groups in total. The van der Waals surface area contributed by atoms with E-state index in [1.165, 1.54) is 21.2 Å². The molecule has 1 aliphatic heterocycles. The number of carbonyl (C=O) groups excluding carboxylic acids is 1.